The van der Waals surface area contributed by atoms with Crippen LogP contribution in [0.5, 0.6) is 0 Å². The van der Waals surface area contributed by atoms with Crippen molar-refractivity contribution >= 4 is 5.78 Å². The fourth-order valence-electron chi connectivity index (χ4n) is 2.75. The lowest BCUT2D eigenvalue weighted by Crippen LogP contribution is -2.22. The van der Waals surface area contributed by atoms with E-state index in [4.69, 9.17) is 0 Å². The maximum Gasteiger partial charge on any atom is 0.138 e. The topological polar surface area (TPSA) is 17.1 Å². The summed E-state index contributed by atoms with van der Waals surface area (Å²) in [4.78, 5) is 11.9. The van der Waals surface area contributed by atoms with Crippen molar-refractivity contribution in [3.05, 3.63) is 0 Å². The monoisotopic (exact) mass is 224 g/mol. The van der Waals surface area contributed by atoms with Crippen molar-refractivity contribution in [3.63, 3.8) is 0 Å². The molecule has 1 aliphatic rings. The van der Waals surface area contributed by atoms with Crippen LogP contribution < -0.4 is 0 Å². The second kappa shape index (κ2) is 5.84. The Kier molecular flexibility index (Phi) is 5.01. The van der Waals surface area contributed by atoms with Crippen LogP contribution in [0.3, 0.4) is 0 Å². The van der Waals surface area contributed by atoms with Crippen LogP contribution in [-0.4, -0.2) is 5.78 Å². The zero-order valence-corrected chi connectivity index (χ0v) is 11.5. The molecule has 0 aliphatic heterocycles. The Morgan fingerprint density at radius 1 is 1.19 bits per heavy atom. The van der Waals surface area contributed by atoms with Crippen molar-refractivity contribution in [3.8, 4) is 0 Å². The molecule has 1 saturated carbocycles. The van der Waals surface area contributed by atoms with Crippen LogP contribution in [0.25, 0.3) is 0 Å². The summed E-state index contributed by atoms with van der Waals surface area (Å²) in [5.74, 6) is 2.19. The van der Waals surface area contributed by atoms with E-state index in [9.17, 15) is 4.79 Å². The Bertz CT molecular complexity index is 224. The van der Waals surface area contributed by atoms with E-state index in [1.165, 1.54) is 32.1 Å². The predicted molar refractivity (Wildman–Crippen MR) is 69.4 cm³/mol. The molecule has 1 nitrogen and oxygen atoms in total. The maximum absolute atomic E-state index is 11.9. The van der Waals surface area contributed by atoms with E-state index in [-0.39, 0.29) is 5.41 Å². The molecule has 0 spiro atoms. The van der Waals surface area contributed by atoms with E-state index in [1.54, 1.807) is 0 Å². The summed E-state index contributed by atoms with van der Waals surface area (Å²) in [6.07, 6.45) is 8.77. The van der Waals surface area contributed by atoms with Crippen LogP contribution in [0.4, 0.5) is 0 Å². The number of carbonyl (C=O) groups is 1. The molecule has 2 unspecified atom stereocenters. The molecule has 0 aromatic rings. The number of rotatable bonds is 4. The molecule has 2 atom stereocenters. The largest absolute Gasteiger partial charge is 0.299 e. The smallest absolute Gasteiger partial charge is 0.138 e. The molecule has 1 aliphatic carbocycles. The molecule has 0 aromatic heterocycles. The number of hydrogen-bond acceptors (Lipinski definition) is 1. The molecule has 94 valence electrons. The zero-order chi connectivity index (χ0) is 12.2. The summed E-state index contributed by atoms with van der Waals surface area (Å²) in [5.41, 5.74) is -0.140. The first-order valence-electron chi connectivity index (χ1n) is 6.96. The van der Waals surface area contributed by atoms with Crippen molar-refractivity contribution in [2.24, 2.45) is 17.3 Å². The van der Waals surface area contributed by atoms with Gasteiger partial charge in [0, 0.05) is 11.8 Å². The lowest BCUT2D eigenvalue weighted by Gasteiger charge is -2.29. The van der Waals surface area contributed by atoms with Gasteiger partial charge in [-0.25, -0.2) is 0 Å². The first kappa shape index (κ1) is 13.7. The van der Waals surface area contributed by atoms with Crippen molar-refractivity contribution in [2.75, 3.05) is 0 Å². The molecule has 16 heavy (non-hydrogen) atoms. The van der Waals surface area contributed by atoms with E-state index in [2.05, 4.69) is 6.92 Å². The van der Waals surface area contributed by atoms with Crippen LogP contribution in [0.1, 0.15) is 72.6 Å². The van der Waals surface area contributed by atoms with Gasteiger partial charge in [0.2, 0.25) is 0 Å². The predicted octanol–water partition coefficient (Wildman–Crippen LogP) is 4.60. The Hall–Kier alpha value is -0.330. The third-order valence-electron chi connectivity index (χ3n) is 4.08. The third-order valence-corrected chi connectivity index (χ3v) is 4.08. The molecule has 0 heterocycles. The summed E-state index contributed by atoms with van der Waals surface area (Å²) in [5, 5.41) is 0. The van der Waals surface area contributed by atoms with Gasteiger partial charge in [-0.15, -0.1) is 0 Å². The molecule has 0 saturated heterocycles. The SMILES string of the molecule is CCC1CCCC(CCC(=O)C(C)(C)C)C1. The van der Waals surface area contributed by atoms with Crippen LogP contribution in [0.15, 0.2) is 0 Å². The summed E-state index contributed by atoms with van der Waals surface area (Å²) in [6, 6.07) is 0. The van der Waals surface area contributed by atoms with E-state index < -0.39 is 0 Å². The average Bonchev–Trinajstić information content (AvgIpc) is 2.25. The minimum Gasteiger partial charge on any atom is -0.299 e. The molecule has 1 fully saturated rings. The number of hydrogen-bond donors (Lipinski definition) is 0. The fraction of sp³-hybridized carbons (Fsp3) is 0.933. The minimum absolute atomic E-state index is 0.140. The second-order valence-electron chi connectivity index (χ2n) is 6.52. The summed E-state index contributed by atoms with van der Waals surface area (Å²) < 4.78 is 0. The van der Waals surface area contributed by atoms with E-state index in [0.29, 0.717) is 5.78 Å². The van der Waals surface area contributed by atoms with Gasteiger partial charge >= 0.3 is 0 Å². The van der Waals surface area contributed by atoms with Crippen LogP contribution in [0, 0.1) is 17.3 Å². The Morgan fingerprint density at radius 2 is 1.81 bits per heavy atom. The highest BCUT2D eigenvalue weighted by molar-refractivity contribution is 5.83. The van der Waals surface area contributed by atoms with Crippen molar-refractivity contribution < 1.29 is 4.79 Å². The van der Waals surface area contributed by atoms with Gasteiger partial charge in [-0.1, -0.05) is 53.4 Å². The van der Waals surface area contributed by atoms with Crippen molar-refractivity contribution in [1.82, 2.24) is 0 Å². The zero-order valence-electron chi connectivity index (χ0n) is 11.5. The summed E-state index contributed by atoms with van der Waals surface area (Å²) in [7, 11) is 0. The number of ketones is 1. The summed E-state index contributed by atoms with van der Waals surface area (Å²) >= 11 is 0. The molecule has 0 N–H and O–H groups in total. The highest BCUT2D eigenvalue weighted by atomic mass is 16.1. The highest BCUT2D eigenvalue weighted by Gasteiger charge is 2.24. The quantitative estimate of drug-likeness (QED) is 0.682. The van der Waals surface area contributed by atoms with Crippen LogP contribution in [0.2, 0.25) is 0 Å². The van der Waals surface area contributed by atoms with Crippen LogP contribution in [-0.2, 0) is 4.79 Å². The Morgan fingerprint density at radius 3 is 2.38 bits per heavy atom. The molecule has 0 amide bonds. The first-order chi connectivity index (χ1) is 7.43. The van der Waals surface area contributed by atoms with Crippen LogP contribution >= 0.6 is 0 Å². The molecule has 0 bridgehead atoms. The average molecular weight is 224 g/mol. The second-order valence-corrected chi connectivity index (χ2v) is 6.52. The van der Waals surface area contributed by atoms with Gasteiger partial charge in [0.25, 0.3) is 0 Å². The van der Waals surface area contributed by atoms with Crippen molar-refractivity contribution in [2.45, 2.75) is 72.6 Å². The molecular weight excluding hydrogens is 196 g/mol. The third kappa shape index (κ3) is 4.27. The summed E-state index contributed by atoms with van der Waals surface area (Å²) in [6.45, 7) is 8.40. The van der Waals surface area contributed by atoms with Gasteiger partial charge in [0.15, 0.2) is 0 Å². The Labute approximate surface area is 101 Å². The number of Topliss-reactive ketones (excluding diaryl/α,β-unsaturated/α-hetero) is 1. The normalized spacial score (nSPS) is 26.8. The van der Waals surface area contributed by atoms with Gasteiger partial charge in [0.05, 0.1) is 0 Å². The first-order valence-corrected chi connectivity index (χ1v) is 6.96. The van der Waals surface area contributed by atoms with Gasteiger partial charge in [-0.3, -0.25) is 4.79 Å². The van der Waals surface area contributed by atoms with Gasteiger partial charge in [0.1, 0.15) is 5.78 Å². The van der Waals surface area contributed by atoms with Gasteiger partial charge < -0.3 is 0 Å². The minimum atomic E-state index is -0.140. The number of carbonyl (C=O) groups excluding carboxylic acids is 1. The Balaban J connectivity index is 2.30. The molecular formula is C15H28O. The van der Waals surface area contributed by atoms with E-state index in [0.717, 1.165) is 24.7 Å². The van der Waals surface area contributed by atoms with Gasteiger partial charge in [-0.2, -0.15) is 0 Å². The van der Waals surface area contributed by atoms with E-state index in [1.807, 2.05) is 20.8 Å². The van der Waals surface area contributed by atoms with Crippen molar-refractivity contribution in [1.29, 1.82) is 0 Å². The molecule has 1 heteroatoms. The van der Waals surface area contributed by atoms with Gasteiger partial charge in [-0.05, 0) is 24.7 Å². The highest BCUT2D eigenvalue weighted by Crippen LogP contribution is 2.34. The lowest BCUT2D eigenvalue weighted by molar-refractivity contribution is -0.126. The van der Waals surface area contributed by atoms with E-state index >= 15 is 0 Å². The molecule has 0 radical (unpaired) electrons. The lowest BCUT2D eigenvalue weighted by atomic mass is 9.77. The molecule has 0 aromatic carbocycles. The molecule has 1 rings (SSSR count). The maximum atomic E-state index is 11.9. The fourth-order valence-corrected chi connectivity index (χ4v) is 2.75. The standard InChI is InChI=1S/C15H28O/c1-5-12-7-6-8-13(11-12)9-10-14(16)15(2,3)4/h12-13H,5-11H2,1-4H3.